The monoisotopic (exact) mass is 335 g/mol. The molecule has 0 spiro atoms. The third-order valence-corrected chi connectivity index (χ3v) is 4.53. The van der Waals surface area contributed by atoms with Crippen LogP contribution in [0.3, 0.4) is 0 Å². The van der Waals surface area contributed by atoms with Crippen molar-refractivity contribution in [3.63, 3.8) is 0 Å². The summed E-state index contributed by atoms with van der Waals surface area (Å²) in [6.07, 6.45) is 9.04. The minimum atomic E-state index is 0.262. The maximum absolute atomic E-state index is 9.40. The highest BCUT2D eigenvalue weighted by molar-refractivity contribution is 5.27. The van der Waals surface area contributed by atoms with Gasteiger partial charge in [-0.3, -0.25) is 0 Å². The molecule has 1 rings (SSSR count). The van der Waals surface area contributed by atoms with E-state index in [1.165, 1.54) is 24.8 Å². The minimum Gasteiger partial charge on any atom is -0.494 e. The molecule has 0 saturated heterocycles. The predicted molar refractivity (Wildman–Crippen MR) is 102 cm³/mol. The van der Waals surface area contributed by atoms with Crippen molar-refractivity contribution in [2.75, 3.05) is 19.8 Å². The fourth-order valence-electron chi connectivity index (χ4n) is 2.88. The lowest BCUT2D eigenvalue weighted by Crippen LogP contribution is -2.10. The highest BCUT2D eigenvalue weighted by atomic mass is 16.5. The molecule has 1 aromatic rings. The van der Waals surface area contributed by atoms with Crippen LogP contribution in [0.5, 0.6) is 5.75 Å². The van der Waals surface area contributed by atoms with Crippen molar-refractivity contribution in [2.45, 2.75) is 65.2 Å². The van der Waals surface area contributed by atoms with Gasteiger partial charge in [-0.1, -0.05) is 45.2 Å². The smallest absolute Gasteiger partial charge is 0.119 e. The van der Waals surface area contributed by atoms with E-state index in [9.17, 15) is 5.11 Å². The Balaban J connectivity index is 2.20. The Hall–Kier alpha value is -1.06. The van der Waals surface area contributed by atoms with E-state index in [-0.39, 0.29) is 6.61 Å². The summed E-state index contributed by atoms with van der Waals surface area (Å²) in [6, 6.07) is 8.42. The summed E-state index contributed by atoms with van der Waals surface area (Å²) < 4.78 is 5.81. The van der Waals surface area contributed by atoms with E-state index in [1.807, 2.05) is 0 Å². The summed E-state index contributed by atoms with van der Waals surface area (Å²) in [7, 11) is 0. The average Bonchev–Trinajstić information content (AvgIpc) is 2.59. The number of ether oxygens (including phenoxy) is 1. The molecule has 24 heavy (non-hydrogen) atoms. The number of benzene rings is 1. The molecule has 0 radical (unpaired) electrons. The third kappa shape index (κ3) is 9.94. The lowest BCUT2D eigenvalue weighted by Gasteiger charge is -2.13. The first-order chi connectivity index (χ1) is 11.7. The van der Waals surface area contributed by atoms with Gasteiger partial charge in [0.2, 0.25) is 0 Å². The van der Waals surface area contributed by atoms with Gasteiger partial charge in [-0.05, 0) is 68.2 Å². The Morgan fingerprint density at radius 2 is 1.71 bits per heavy atom. The number of nitrogens with two attached hydrogens (primary N) is 1. The highest BCUT2D eigenvalue weighted by Crippen LogP contribution is 2.18. The second-order valence-corrected chi connectivity index (χ2v) is 7.25. The molecule has 3 heteroatoms. The standard InChI is InChI=1S/C21H37NO2/c1-18(2)7-4-3-5-16-24-21-13-11-19(12-14-21)9-10-20(17-23)8-6-15-22/h11-14,18,20,23H,3-10,15-17,22H2,1-2H3. The second-order valence-electron chi connectivity index (χ2n) is 7.25. The molecule has 0 aromatic heterocycles. The molecule has 3 N–H and O–H groups in total. The zero-order valence-corrected chi connectivity index (χ0v) is 15.7. The van der Waals surface area contributed by atoms with Crippen molar-refractivity contribution in [1.82, 2.24) is 0 Å². The maximum atomic E-state index is 9.40. The number of aryl methyl sites for hydroxylation is 1. The SMILES string of the molecule is CC(C)CCCCCOc1ccc(CCC(CO)CCCN)cc1. The number of aliphatic hydroxyl groups is 1. The summed E-state index contributed by atoms with van der Waals surface area (Å²) in [5.74, 6) is 2.14. The van der Waals surface area contributed by atoms with Gasteiger partial charge in [-0.2, -0.15) is 0 Å². The maximum Gasteiger partial charge on any atom is 0.119 e. The third-order valence-electron chi connectivity index (χ3n) is 4.53. The molecule has 0 fully saturated rings. The van der Waals surface area contributed by atoms with Gasteiger partial charge in [0, 0.05) is 6.61 Å². The summed E-state index contributed by atoms with van der Waals surface area (Å²) in [6.45, 7) is 6.33. The largest absolute Gasteiger partial charge is 0.494 e. The Kier molecular flexibility index (Phi) is 11.6. The Morgan fingerprint density at radius 3 is 2.33 bits per heavy atom. The molecule has 138 valence electrons. The average molecular weight is 336 g/mol. The van der Waals surface area contributed by atoms with Crippen LogP contribution in [0, 0.1) is 11.8 Å². The van der Waals surface area contributed by atoms with Crippen LogP contribution in [0.4, 0.5) is 0 Å². The molecule has 0 aliphatic rings. The molecule has 1 unspecified atom stereocenters. The van der Waals surface area contributed by atoms with Crippen molar-refractivity contribution in [1.29, 1.82) is 0 Å². The van der Waals surface area contributed by atoms with Gasteiger partial charge in [-0.15, -0.1) is 0 Å². The zero-order chi connectivity index (χ0) is 17.6. The normalized spacial score (nSPS) is 12.5. The molecule has 0 saturated carbocycles. The first-order valence-electron chi connectivity index (χ1n) is 9.68. The van der Waals surface area contributed by atoms with Crippen LogP contribution in [0.2, 0.25) is 0 Å². The van der Waals surface area contributed by atoms with Crippen molar-refractivity contribution >= 4 is 0 Å². The second kappa shape index (κ2) is 13.3. The van der Waals surface area contributed by atoms with Crippen LogP contribution < -0.4 is 10.5 Å². The Bertz CT molecular complexity index is 403. The summed E-state index contributed by atoms with van der Waals surface area (Å²) in [4.78, 5) is 0. The van der Waals surface area contributed by atoms with E-state index in [4.69, 9.17) is 10.5 Å². The highest BCUT2D eigenvalue weighted by Gasteiger charge is 2.07. The van der Waals surface area contributed by atoms with Crippen molar-refractivity contribution < 1.29 is 9.84 Å². The van der Waals surface area contributed by atoms with Gasteiger partial charge < -0.3 is 15.6 Å². The summed E-state index contributed by atoms with van der Waals surface area (Å²) >= 11 is 0. The van der Waals surface area contributed by atoms with Gasteiger partial charge in [-0.25, -0.2) is 0 Å². The van der Waals surface area contributed by atoms with Crippen molar-refractivity contribution in [3.8, 4) is 5.75 Å². The topological polar surface area (TPSA) is 55.5 Å². The van der Waals surface area contributed by atoms with Crippen LogP contribution in [0.15, 0.2) is 24.3 Å². The molecule has 0 aliphatic heterocycles. The van der Waals surface area contributed by atoms with E-state index in [0.717, 1.165) is 50.4 Å². The van der Waals surface area contributed by atoms with E-state index >= 15 is 0 Å². The number of hydrogen-bond acceptors (Lipinski definition) is 3. The van der Waals surface area contributed by atoms with Crippen molar-refractivity contribution in [2.24, 2.45) is 17.6 Å². The molecule has 1 atom stereocenters. The lowest BCUT2D eigenvalue weighted by molar-refractivity contribution is 0.209. The fourth-order valence-corrected chi connectivity index (χ4v) is 2.88. The molecule has 0 amide bonds. The summed E-state index contributed by atoms with van der Waals surface area (Å²) in [5.41, 5.74) is 6.85. The van der Waals surface area contributed by atoms with Gasteiger partial charge in [0.15, 0.2) is 0 Å². The van der Waals surface area contributed by atoms with E-state index in [1.54, 1.807) is 0 Å². The molecular weight excluding hydrogens is 298 g/mol. The Labute approximate surface area is 148 Å². The number of aliphatic hydroxyl groups excluding tert-OH is 1. The van der Waals surface area contributed by atoms with Crippen LogP contribution in [0.25, 0.3) is 0 Å². The number of hydrogen-bond donors (Lipinski definition) is 2. The molecular formula is C21H37NO2. The van der Waals surface area contributed by atoms with E-state index in [2.05, 4.69) is 38.1 Å². The zero-order valence-electron chi connectivity index (χ0n) is 15.7. The Morgan fingerprint density at radius 1 is 0.958 bits per heavy atom. The van der Waals surface area contributed by atoms with Gasteiger partial charge in [0.05, 0.1) is 6.61 Å². The lowest BCUT2D eigenvalue weighted by atomic mass is 9.96. The van der Waals surface area contributed by atoms with Crippen LogP contribution >= 0.6 is 0 Å². The van der Waals surface area contributed by atoms with Crippen molar-refractivity contribution in [3.05, 3.63) is 29.8 Å². The molecule has 0 heterocycles. The fraction of sp³-hybridized carbons (Fsp3) is 0.714. The van der Waals surface area contributed by atoms with Crippen LogP contribution in [-0.4, -0.2) is 24.9 Å². The van der Waals surface area contributed by atoms with E-state index < -0.39 is 0 Å². The summed E-state index contributed by atoms with van der Waals surface area (Å²) in [5, 5.41) is 9.40. The van der Waals surface area contributed by atoms with E-state index in [0.29, 0.717) is 12.5 Å². The molecule has 0 bridgehead atoms. The molecule has 3 nitrogen and oxygen atoms in total. The molecule has 1 aromatic carbocycles. The number of rotatable bonds is 14. The first kappa shape index (κ1) is 21.0. The number of unbranched alkanes of at least 4 members (excludes halogenated alkanes) is 2. The quantitative estimate of drug-likeness (QED) is 0.490. The van der Waals surface area contributed by atoms with Gasteiger partial charge >= 0.3 is 0 Å². The van der Waals surface area contributed by atoms with Crippen LogP contribution in [0.1, 0.15) is 64.4 Å². The van der Waals surface area contributed by atoms with Gasteiger partial charge in [0.25, 0.3) is 0 Å². The van der Waals surface area contributed by atoms with Crippen LogP contribution in [-0.2, 0) is 6.42 Å². The predicted octanol–water partition coefficient (Wildman–Crippen LogP) is 4.56. The minimum absolute atomic E-state index is 0.262. The first-order valence-corrected chi connectivity index (χ1v) is 9.68. The van der Waals surface area contributed by atoms with Gasteiger partial charge in [0.1, 0.15) is 5.75 Å². The molecule has 0 aliphatic carbocycles.